The minimum Gasteiger partial charge on any atom is -0.495 e. The Bertz CT molecular complexity index is 322. The number of ether oxygens (including phenoxy) is 1. The molecule has 1 unspecified atom stereocenters. The van der Waals surface area contributed by atoms with Gasteiger partial charge in [-0.05, 0) is 37.0 Å². The Morgan fingerprint density at radius 3 is 2.75 bits per heavy atom. The molecule has 1 aromatic rings. The van der Waals surface area contributed by atoms with Gasteiger partial charge in [0, 0.05) is 13.2 Å². The van der Waals surface area contributed by atoms with Crippen LogP contribution < -0.4 is 10.1 Å². The molecule has 1 aromatic carbocycles. The van der Waals surface area contributed by atoms with Crippen molar-refractivity contribution in [2.45, 2.75) is 20.3 Å². The standard InChI is InChI=1S/C13H21NO2/c1-4-11(9-15)8-14-12-7-10(2)5-6-13(12)16-3/h5-7,11,14-15H,4,8-9H2,1-3H3. The Morgan fingerprint density at radius 2 is 2.19 bits per heavy atom. The van der Waals surface area contributed by atoms with E-state index in [0.29, 0.717) is 5.92 Å². The summed E-state index contributed by atoms with van der Waals surface area (Å²) in [7, 11) is 1.67. The Balaban J connectivity index is 2.68. The molecule has 0 radical (unpaired) electrons. The number of nitrogens with one attached hydrogen (secondary N) is 1. The summed E-state index contributed by atoms with van der Waals surface area (Å²) in [4.78, 5) is 0. The van der Waals surface area contributed by atoms with Gasteiger partial charge in [0.1, 0.15) is 5.75 Å². The highest BCUT2D eigenvalue weighted by Gasteiger charge is 2.07. The molecule has 1 atom stereocenters. The highest BCUT2D eigenvalue weighted by molar-refractivity contribution is 5.57. The van der Waals surface area contributed by atoms with Gasteiger partial charge in [0.15, 0.2) is 0 Å². The van der Waals surface area contributed by atoms with Gasteiger partial charge in [-0.3, -0.25) is 0 Å². The third-order valence-corrected chi connectivity index (χ3v) is 2.77. The smallest absolute Gasteiger partial charge is 0.141 e. The Kier molecular flexibility index (Phi) is 5.12. The number of hydrogen-bond acceptors (Lipinski definition) is 3. The van der Waals surface area contributed by atoms with Crippen molar-refractivity contribution in [3.05, 3.63) is 23.8 Å². The third kappa shape index (κ3) is 3.42. The maximum Gasteiger partial charge on any atom is 0.141 e. The molecule has 0 saturated heterocycles. The van der Waals surface area contributed by atoms with Crippen molar-refractivity contribution in [3.8, 4) is 5.75 Å². The van der Waals surface area contributed by atoms with Crippen LogP contribution in [0.1, 0.15) is 18.9 Å². The van der Waals surface area contributed by atoms with E-state index < -0.39 is 0 Å². The quantitative estimate of drug-likeness (QED) is 0.778. The van der Waals surface area contributed by atoms with E-state index in [4.69, 9.17) is 9.84 Å². The SMILES string of the molecule is CCC(CO)CNc1cc(C)ccc1OC. The highest BCUT2D eigenvalue weighted by atomic mass is 16.5. The zero-order valence-electron chi connectivity index (χ0n) is 10.3. The van der Waals surface area contributed by atoms with Crippen molar-refractivity contribution < 1.29 is 9.84 Å². The minimum atomic E-state index is 0.220. The van der Waals surface area contributed by atoms with E-state index in [9.17, 15) is 0 Å². The van der Waals surface area contributed by atoms with Gasteiger partial charge >= 0.3 is 0 Å². The van der Waals surface area contributed by atoms with Crippen LogP contribution in [-0.4, -0.2) is 25.4 Å². The maximum absolute atomic E-state index is 9.11. The first-order valence-corrected chi connectivity index (χ1v) is 5.70. The van der Waals surface area contributed by atoms with Crippen LogP contribution in [0, 0.1) is 12.8 Å². The van der Waals surface area contributed by atoms with Crippen molar-refractivity contribution in [2.24, 2.45) is 5.92 Å². The van der Waals surface area contributed by atoms with E-state index in [1.165, 1.54) is 5.56 Å². The number of aryl methyl sites for hydroxylation is 1. The predicted octanol–water partition coefficient (Wildman–Crippen LogP) is 2.43. The molecule has 0 fully saturated rings. The number of benzene rings is 1. The molecule has 0 saturated carbocycles. The maximum atomic E-state index is 9.11. The summed E-state index contributed by atoms with van der Waals surface area (Å²) in [6.45, 7) is 5.12. The van der Waals surface area contributed by atoms with Gasteiger partial charge in [0.05, 0.1) is 12.8 Å². The molecule has 0 spiro atoms. The second-order valence-corrected chi connectivity index (χ2v) is 4.04. The van der Waals surface area contributed by atoms with Crippen molar-refractivity contribution in [1.82, 2.24) is 0 Å². The number of aliphatic hydroxyl groups is 1. The lowest BCUT2D eigenvalue weighted by Crippen LogP contribution is -2.17. The predicted molar refractivity (Wildman–Crippen MR) is 67.1 cm³/mol. The van der Waals surface area contributed by atoms with Crippen molar-refractivity contribution in [1.29, 1.82) is 0 Å². The largest absolute Gasteiger partial charge is 0.495 e. The highest BCUT2D eigenvalue weighted by Crippen LogP contribution is 2.25. The molecular formula is C13H21NO2. The molecule has 0 heterocycles. The first kappa shape index (κ1) is 12.8. The lowest BCUT2D eigenvalue weighted by atomic mass is 10.1. The summed E-state index contributed by atoms with van der Waals surface area (Å²) >= 11 is 0. The van der Waals surface area contributed by atoms with Crippen molar-refractivity contribution in [3.63, 3.8) is 0 Å². The van der Waals surface area contributed by atoms with Gasteiger partial charge in [-0.15, -0.1) is 0 Å². The van der Waals surface area contributed by atoms with E-state index in [-0.39, 0.29) is 6.61 Å². The topological polar surface area (TPSA) is 41.5 Å². The van der Waals surface area contributed by atoms with Crippen molar-refractivity contribution >= 4 is 5.69 Å². The molecule has 0 aromatic heterocycles. The second-order valence-electron chi connectivity index (χ2n) is 4.04. The fourth-order valence-corrected chi connectivity index (χ4v) is 1.55. The van der Waals surface area contributed by atoms with Crippen LogP contribution in [0.4, 0.5) is 5.69 Å². The summed E-state index contributed by atoms with van der Waals surface area (Å²) in [5.74, 6) is 1.14. The molecule has 0 aliphatic carbocycles. The summed E-state index contributed by atoms with van der Waals surface area (Å²) in [5, 5.41) is 12.4. The number of anilines is 1. The van der Waals surface area contributed by atoms with Gasteiger partial charge in [-0.2, -0.15) is 0 Å². The van der Waals surface area contributed by atoms with Crippen LogP contribution in [0.3, 0.4) is 0 Å². The number of rotatable bonds is 6. The van der Waals surface area contributed by atoms with Crippen molar-refractivity contribution in [2.75, 3.05) is 25.6 Å². The second kappa shape index (κ2) is 6.38. The molecule has 3 nitrogen and oxygen atoms in total. The zero-order chi connectivity index (χ0) is 12.0. The van der Waals surface area contributed by atoms with Crippen LogP contribution in [-0.2, 0) is 0 Å². The molecule has 0 bridgehead atoms. The monoisotopic (exact) mass is 223 g/mol. The minimum absolute atomic E-state index is 0.220. The number of methoxy groups -OCH3 is 1. The first-order chi connectivity index (χ1) is 7.71. The van der Waals surface area contributed by atoms with Gasteiger partial charge in [0.25, 0.3) is 0 Å². The number of hydrogen-bond donors (Lipinski definition) is 2. The molecule has 16 heavy (non-hydrogen) atoms. The van der Waals surface area contributed by atoms with Gasteiger partial charge in [0.2, 0.25) is 0 Å². The van der Waals surface area contributed by atoms with E-state index in [2.05, 4.69) is 18.3 Å². The van der Waals surface area contributed by atoms with Gasteiger partial charge < -0.3 is 15.2 Å². The average molecular weight is 223 g/mol. The lowest BCUT2D eigenvalue weighted by molar-refractivity contribution is 0.230. The fourth-order valence-electron chi connectivity index (χ4n) is 1.55. The van der Waals surface area contributed by atoms with Crippen LogP contribution in [0.2, 0.25) is 0 Å². The molecule has 0 amide bonds. The van der Waals surface area contributed by atoms with Crippen LogP contribution >= 0.6 is 0 Å². The molecule has 2 N–H and O–H groups in total. The molecule has 1 rings (SSSR count). The van der Waals surface area contributed by atoms with Crippen LogP contribution in [0.5, 0.6) is 5.75 Å². The van der Waals surface area contributed by atoms with Crippen LogP contribution in [0.25, 0.3) is 0 Å². The lowest BCUT2D eigenvalue weighted by Gasteiger charge is -2.16. The third-order valence-electron chi connectivity index (χ3n) is 2.77. The average Bonchev–Trinajstić information content (AvgIpc) is 2.30. The summed E-state index contributed by atoms with van der Waals surface area (Å²) in [6, 6.07) is 6.04. The van der Waals surface area contributed by atoms with E-state index in [1.54, 1.807) is 7.11 Å². The Hall–Kier alpha value is -1.22. The van der Waals surface area contributed by atoms with Gasteiger partial charge in [-0.25, -0.2) is 0 Å². The van der Waals surface area contributed by atoms with Gasteiger partial charge in [-0.1, -0.05) is 13.0 Å². The molecule has 0 aliphatic rings. The molecule has 0 aliphatic heterocycles. The Morgan fingerprint density at radius 1 is 1.44 bits per heavy atom. The summed E-state index contributed by atoms with van der Waals surface area (Å²) in [5.41, 5.74) is 2.19. The first-order valence-electron chi connectivity index (χ1n) is 5.70. The molecule has 3 heteroatoms. The van der Waals surface area contributed by atoms with E-state index in [1.807, 2.05) is 19.1 Å². The van der Waals surface area contributed by atoms with E-state index >= 15 is 0 Å². The summed E-state index contributed by atoms with van der Waals surface area (Å²) < 4.78 is 5.27. The fraction of sp³-hybridized carbons (Fsp3) is 0.538. The molecule has 90 valence electrons. The summed E-state index contributed by atoms with van der Waals surface area (Å²) in [6.07, 6.45) is 0.970. The normalized spacial score (nSPS) is 12.2. The Labute approximate surface area is 97.4 Å². The zero-order valence-corrected chi connectivity index (χ0v) is 10.3. The van der Waals surface area contributed by atoms with E-state index in [0.717, 1.165) is 24.4 Å². The number of aliphatic hydroxyl groups excluding tert-OH is 1. The molecular weight excluding hydrogens is 202 g/mol. The van der Waals surface area contributed by atoms with Crippen LogP contribution in [0.15, 0.2) is 18.2 Å².